The highest BCUT2D eigenvalue weighted by molar-refractivity contribution is 5.77. The molecule has 1 heterocycles. The first-order valence-corrected chi connectivity index (χ1v) is 5.78. The van der Waals surface area contributed by atoms with Gasteiger partial charge < -0.3 is 10.3 Å². The van der Waals surface area contributed by atoms with Crippen molar-refractivity contribution >= 4 is 11.0 Å². The van der Waals surface area contributed by atoms with Gasteiger partial charge in [-0.2, -0.15) is 0 Å². The standard InChI is InChI=1S/C13H18FN3/c1-8(2)17-10-7-5-6-9(14)11(10)16-12(17)13(3,4)15/h5-8H,15H2,1-4H3. The van der Waals surface area contributed by atoms with E-state index in [0.29, 0.717) is 11.3 Å². The van der Waals surface area contributed by atoms with Crippen molar-refractivity contribution in [2.75, 3.05) is 0 Å². The van der Waals surface area contributed by atoms with E-state index in [9.17, 15) is 4.39 Å². The Balaban J connectivity index is 2.85. The molecule has 0 unspecified atom stereocenters. The molecule has 2 rings (SSSR count). The number of halogens is 1. The summed E-state index contributed by atoms with van der Waals surface area (Å²) < 4.78 is 15.7. The normalized spacial score (nSPS) is 12.6. The molecule has 4 heteroatoms. The van der Waals surface area contributed by atoms with Crippen LogP contribution in [0.3, 0.4) is 0 Å². The molecular formula is C13H18FN3. The number of rotatable bonds is 2. The summed E-state index contributed by atoms with van der Waals surface area (Å²) in [4.78, 5) is 4.37. The Bertz CT molecular complexity index is 550. The largest absolute Gasteiger partial charge is 0.324 e. The van der Waals surface area contributed by atoms with Crippen LogP contribution in [0, 0.1) is 5.82 Å². The van der Waals surface area contributed by atoms with E-state index in [-0.39, 0.29) is 11.9 Å². The summed E-state index contributed by atoms with van der Waals surface area (Å²) in [5.41, 5.74) is 6.71. The van der Waals surface area contributed by atoms with Gasteiger partial charge >= 0.3 is 0 Å². The Morgan fingerprint density at radius 1 is 1.35 bits per heavy atom. The number of imidazole rings is 1. The molecule has 0 aliphatic carbocycles. The lowest BCUT2D eigenvalue weighted by Crippen LogP contribution is -2.33. The molecule has 1 aromatic carbocycles. The molecule has 0 bridgehead atoms. The molecule has 0 aliphatic rings. The Morgan fingerprint density at radius 3 is 2.53 bits per heavy atom. The minimum atomic E-state index is -0.588. The molecule has 2 aromatic rings. The lowest BCUT2D eigenvalue weighted by molar-refractivity contribution is 0.457. The number of para-hydroxylation sites is 1. The van der Waals surface area contributed by atoms with E-state index in [1.165, 1.54) is 6.07 Å². The molecule has 0 radical (unpaired) electrons. The Kier molecular flexibility index (Phi) is 2.70. The predicted molar refractivity (Wildman–Crippen MR) is 67.3 cm³/mol. The van der Waals surface area contributed by atoms with Crippen LogP contribution in [0.4, 0.5) is 4.39 Å². The summed E-state index contributed by atoms with van der Waals surface area (Å²) in [7, 11) is 0. The highest BCUT2D eigenvalue weighted by atomic mass is 19.1. The molecule has 0 saturated heterocycles. The van der Waals surface area contributed by atoms with Gasteiger partial charge in [-0.15, -0.1) is 0 Å². The second kappa shape index (κ2) is 3.81. The van der Waals surface area contributed by atoms with E-state index in [0.717, 1.165) is 5.52 Å². The fourth-order valence-electron chi connectivity index (χ4n) is 2.06. The lowest BCUT2D eigenvalue weighted by atomic mass is 10.1. The van der Waals surface area contributed by atoms with Gasteiger partial charge in [-0.1, -0.05) is 6.07 Å². The number of aromatic nitrogens is 2. The molecule has 2 N–H and O–H groups in total. The summed E-state index contributed by atoms with van der Waals surface area (Å²) in [6, 6.07) is 5.19. The van der Waals surface area contributed by atoms with Gasteiger partial charge in [0.05, 0.1) is 11.1 Å². The van der Waals surface area contributed by atoms with Crippen LogP contribution < -0.4 is 5.73 Å². The fraction of sp³-hybridized carbons (Fsp3) is 0.462. The zero-order chi connectivity index (χ0) is 12.8. The Hall–Kier alpha value is -1.42. The Labute approximate surface area is 100 Å². The van der Waals surface area contributed by atoms with Gasteiger partial charge in [0, 0.05) is 6.04 Å². The van der Waals surface area contributed by atoms with Gasteiger partial charge in [0.25, 0.3) is 0 Å². The van der Waals surface area contributed by atoms with Crippen LogP contribution in [0.1, 0.15) is 39.6 Å². The molecule has 3 nitrogen and oxygen atoms in total. The average molecular weight is 235 g/mol. The van der Waals surface area contributed by atoms with Crippen LogP contribution in [0.2, 0.25) is 0 Å². The smallest absolute Gasteiger partial charge is 0.151 e. The van der Waals surface area contributed by atoms with Crippen LogP contribution in [0.25, 0.3) is 11.0 Å². The molecule has 0 aliphatic heterocycles. The molecular weight excluding hydrogens is 217 g/mol. The van der Waals surface area contributed by atoms with Crippen molar-refractivity contribution < 1.29 is 4.39 Å². The number of hydrogen-bond acceptors (Lipinski definition) is 2. The summed E-state index contributed by atoms with van der Waals surface area (Å²) in [6.07, 6.45) is 0. The van der Waals surface area contributed by atoms with Gasteiger partial charge in [-0.3, -0.25) is 0 Å². The average Bonchev–Trinajstić information content (AvgIpc) is 2.57. The topological polar surface area (TPSA) is 43.8 Å². The van der Waals surface area contributed by atoms with E-state index in [4.69, 9.17) is 5.73 Å². The van der Waals surface area contributed by atoms with E-state index in [1.807, 2.05) is 38.3 Å². The van der Waals surface area contributed by atoms with Crippen LogP contribution in [0.5, 0.6) is 0 Å². The molecule has 0 atom stereocenters. The maximum absolute atomic E-state index is 13.7. The van der Waals surface area contributed by atoms with Crippen LogP contribution >= 0.6 is 0 Å². The molecule has 92 valence electrons. The second-order valence-electron chi connectivity index (χ2n) is 5.23. The molecule has 0 saturated carbocycles. The van der Waals surface area contributed by atoms with Crippen molar-refractivity contribution in [1.82, 2.24) is 9.55 Å². The predicted octanol–water partition coefficient (Wildman–Crippen LogP) is 2.95. The van der Waals surface area contributed by atoms with Crippen molar-refractivity contribution in [1.29, 1.82) is 0 Å². The van der Waals surface area contributed by atoms with Gasteiger partial charge in [0.1, 0.15) is 11.3 Å². The Morgan fingerprint density at radius 2 is 2.00 bits per heavy atom. The number of nitrogens with zero attached hydrogens (tertiary/aromatic N) is 2. The van der Waals surface area contributed by atoms with Crippen molar-refractivity contribution in [2.24, 2.45) is 5.73 Å². The van der Waals surface area contributed by atoms with E-state index < -0.39 is 5.54 Å². The van der Waals surface area contributed by atoms with E-state index in [1.54, 1.807) is 6.07 Å². The number of fused-ring (bicyclic) bond motifs is 1. The first kappa shape index (κ1) is 12.0. The highest BCUT2D eigenvalue weighted by Crippen LogP contribution is 2.27. The molecule has 1 aromatic heterocycles. The maximum Gasteiger partial charge on any atom is 0.151 e. The molecule has 0 fully saturated rings. The minimum absolute atomic E-state index is 0.194. The van der Waals surface area contributed by atoms with Crippen LogP contribution in [-0.2, 0) is 5.54 Å². The number of nitrogens with two attached hydrogens (primary N) is 1. The van der Waals surface area contributed by atoms with Gasteiger partial charge in [-0.05, 0) is 39.8 Å². The number of benzene rings is 1. The van der Waals surface area contributed by atoms with Crippen molar-refractivity contribution in [2.45, 2.75) is 39.3 Å². The minimum Gasteiger partial charge on any atom is -0.324 e. The lowest BCUT2D eigenvalue weighted by Gasteiger charge is -2.22. The molecule has 0 amide bonds. The van der Waals surface area contributed by atoms with Crippen LogP contribution in [0.15, 0.2) is 18.2 Å². The fourth-order valence-corrected chi connectivity index (χ4v) is 2.06. The summed E-state index contributed by atoms with van der Waals surface area (Å²) >= 11 is 0. The first-order chi connectivity index (χ1) is 7.82. The van der Waals surface area contributed by atoms with Gasteiger partial charge in [0.15, 0.2) is 5.82 Å². The van der Waals surface area contributed by atoms with Gasteiger partial charge in [0.2, 0.25) is 0 Å². The summed E-state index contributed by atoms with van der Waals surface area (Å²) in [5.74, 6) is 0.417. The second-order valence-corrected chi connectivity index (χ2v) is 5.23. The summed E-state index contributed by atoms with van der Waals surface area (Å²) in [5, 5.41) is 0. The zero-order valence-electron chi connectivity index (χ0n) is 10.7. The maximum atomic E-state index is 13.7. The van der Waals surface area contributed by atoms with Gasteiger partial charge in [-0.25, -0.2) is 9.37 Å². The number of hydrogen-bond donors (Lipinski definition) is 1. The first-order valence-electron chi connectivity index (χ1n) is 5.78. The highest BCUT2D eigenvalue weighted by Gasteiger charge is 2.25. The summed E-state index contributed by atoms with van der Waals surface area (Å²) in [6.45, 7) is 7.85. The third-order valence-electron chi connectivity index (χ3n) is 2.76. The SMILES string of the molecule is CC(C)n1c(C(C)(C)N)nc2c(F)cccc21. The molecule has 17 heavy (non-hydrogen) atoms. The van der Waals surface area contributed by atoms with E-state index >= 15 is 0 Å². The molecule has 0 spiro atoms. The quantitative estimate of drug-likeness (QED) is 0.869. The van der Waals surface area contributed by atoms with Crippen molar-refractivity contribution in [3.63, 3.8) is 0 Å². The third kappa shape index (κ3) is 1.93. The van der Waals surface area contributed by atoms with Crippen molar-refractivity contribution in [3.05, 3.63) is 29.8 Å². The zero-order valence-corrected chi connectivity index (χ0v) is 10.7. The van der Waals surface area contributed by atoms with E-state index in [2.05, 4.69) is 4.98 Å². The van der Waals surface area contributed by atoms with Crippen molar-refractivity contribution in [3.8, 4) is 0 Å². The monoisotopic (exact) mass is 235 g/mol. The van der Waals surface area contributed by atoms with Crippen LogP contribution in [-0.4, -0.2) is 9.55 Å². The third-order valence-corrected chi connectivity index (χ3v) is 2.76.